The number of fused-ring (bicyclic) bond motifs is 3. The predicted molar refractivity (Wildman–Crippen MR) is 121 cm³/mol. The SMILES string of the molecule is [C-]#[N+]C(C#N)=C1c2cc(-c3cc(F)cc(F)c3)ccc2-c2ccc(-c3cc(F)cc(F)c3)cc21. The van der Waals surface area contributed by atoms with Gasteiger partial charge in [-0.15, -0.1) is 0 Å². The second kappa shape index (κ2) is 8.03. The van der Waals surface area contributed by atoms with Crippen LogP contribution in [0.1, 0.15) is 11.1 Å². The maximum atomic E-state index is 13.8. The van der Waals surface area contributed by atoms with E-state index in [4.69, 9.17) is 6.57 Å². The lowest BCUT2D eigenvalue weighted by atomic mass is 9.96. The van der Waals surface area contributed by atoms with Gasteiger partial charge in [0.05, 0.1) is 12.6 Å². The first-order valence-electron chi connectivity index (χ1n) is 10.1. The maximum Gasteiger partial charge on any atom is 0.270 e. The van der Waals surface area contributed by atoms with E-state index < -0.39 is 23.3 Å². The summed E-state index contributed by atoms with van der Waals surface area (Å²) in [4.78, 5) is 3.38. The lowest BCUT2D eigenvalue weighted by Crippen LogP contribution is -1.90. The van der Waals surface area contributed by atoms with E-state index >= 15 is 0 Å². The zero-order valence-corrected chi connectivity index (χ0v) is 17.3. The third-order valence-corrected chi connectivity index (χ3v) is 5.71. The highest BCUT2D eigenvalue weighted by atomic mass is 19.1. The van der Waals surface area contributed by atoms with Gasteiger partial charge in [0.2, 0.25) is 0 Å². The van der Waals surface area contributed by atoms with Gasteiger partial charge in [-0.1, -0.05) is 24.3 Å². The van der Waals surface area contributed by atoms with Gasteiger partial charge in [0, 0.05) is 17.7 Å². The average molecular weight is 452 g/mol. The number of benzene rings is 4. The number of nitrogens with zero attached hydrogens (tertiary/aromatic N) is 2. The zero-order valence-electron chi connectivity index (χ0n) is 17.3. The van der Waals surface area contributed by atoms with Gasteiger partial charge in [0.25, 0.3) is 5.70 Å². The summed E-state index contributed by atoms with van der Waals surface area (Å²) < 4.78 is 55.2. The fourth-order valence-electron chi connectivity index (χ4n) is 4.31. The van der Waals surface area contributed by atoms with Crippen molar-refractivity contribution >= 4 is 5.57 Å². The molecule has 4 aromatic carbocycles. The molecule has 0 radical (unpaired) electrons. The molecule has 5 rings (SSSR count). The minimum Gasteiger partial charge on any atom is -0.226 e. The second-order valence-electron chi connectivity index (χ2n) is 7.78. The number of rotatable bonds is 2. The van der Waals surface area contributed by atoms with Gasteiger partial charge in [-0.3, -0.25) is 0 Å². The van der Waals surface area contributed by atoms with Gasteiger partial charge in [0.1, 0.15) is 23.3 Å². The summed E-state index contributed by atoms with van der Waals surface area (Å²) in [6, 6.07) is 18.6. The van der Waals surface area contributed by atoms with Crippen LogP contribution in [0.3, 0.4) is 0 Å². The Morgan fingerprint density at radius 1 is 0.588 bits per heavy atom. The van der Waals surface area contributed by atoms with Crippen LogP contribution in [0.2, 0.25) is 0 Å². The van der Waals surface area contributed by atoms with Gasteiger partial charge < -0.3 is 0 Å². The van der Waals surface area contributed by atoms with Crippen molar-refractivity contribution in [1.29, 1.82) is 5.26 Å². The van der Waals surface area contributed by atoms with Crippen LogP contribution in [-0.2, 0) is 0 Å². The lowest BCUT2D eigenvalue weighted by Gasteiger charge is -2.08. The van der Waals surface area contributed by atoms with Gasteiger partial charge in [0.15, 0.2) is 0 Å². The molecule has 0 heterocycles. The quantitative estimate of drug-likeness (QED) is 0.153. The molecule has 34 heavy (non-hydrogen) atoms. The molecule has 0 aromatic heterocycles. The maximum absolute atomic E-state index is 13.8. The molecule has 0 saturated carbocycles. The largest absolute Gasteiger partial charge is 0.270 e. The molecule has 0 amide bonds. The summed E-state index contributed by atoms with van der Waals surface area (Å²) in [5.74, 6) is -2.89. The number of allylic oxidation sites excluding steroid dienone is 1. The van der Waals surface area contributed by atoms with Crippen molar-refractivity contribution in [3.63, 3.8) is 0 Å². The van der Waals surface area contributed by atoms with Crippen LogP contribution < -0.4 is 0 Å². The first-order valence-corrected chi connectivity index (χ1v) is 10.1. The Hall–Kier alpha value is -4.68. The Balaban J connectivity index is 1.73. The number of hydrogen-bond acceptors (Lipinski definition) is 1. The predicted octanol–water partition coefficient (Wildman–Crippen LogP) is 7.76. The van der Waals surface area contributed by atoms with Crippen molar-refractivity contribution in [3.8, 4) is 39.4 Å². The average Bonchev–Trinajstić information content (AvgIpc) is 3.12. The molecule has 0 unspecified atom stereocenters. The normalized spacial score (nSPS) is 11.4. The Morgan fingerprint density at radius 3 is 1.35 bits per heavy atom. The molecule has 1 aliphatic rings. The molecule has 4 aromatic rings. The van der Waals surface area contributed by atoms with Crippen LogP contribution >= 0.6 is 0 Å². The summed E-state index contributed by atoms with van der Waals surface area (Å²) in [6.45, 7) is 7.50. The smallest absolute Gasteiger partial charge is 0.226 e. The Kier molecular flexibility index (Phi) is 5.00. The Labute approximate surface area is 192 Å². The van der Waals surface area contributed by atoms with Crippen molar-refractivity contribution in [2.75, 3.05) is 0 Å². The summed E-state index contributed by atoms with van der Waals surface area (Å²) in [5, 5.41) is 9.64. The molecule has 1 aliphatic carbocycles. The standard InChI is InChI=1S/C28H12F4N2/c1-34-27(14-33)28-25-10-15(17-6-19(29)12-20(30)7-17)2-4-23(25)24-5-3-16(11-26(24)28)18-8-21(31)13-22(32)9-18/h2-13H. The van der Waals surface area contributed by atoms with Crippen molar-refractivity contribution in [2.45, 2.75) is 0 Å². The molecule has 0 saturated heterocycles. The highest BCUT2D eigenvalue weighted by molar-refractivity contribution is 6.05. The minimum atomic E-state index is -0.722. The van der Waals surface area contributed by atoms with E-state index in [2.05, 4.69) is 4.85 Å². The van der Waals surface area contributed by atoms with Crippen LogP contribution in [0.15, 0.2) is 78.5 Å². The molecule has 0 atom stereocenters. The molecule has 0 aliphatic heterocycles. The van der Waals surface area contributed by atoms with E-state index in [0.29, 0.717) is 39.0 Å². The minimum absolute atomic E-state index is 0.162. The van der Waals surface area contributed by atoms with E-state index in [1.807, 2.05) is 6.07 Å². The summed E-state index contributed by atoms with van der Waals surface area (Å²) in [5.41, 5.74) is 4.44. The summed E-state index contributed by atoms with van der Waals surface area (Å²) in [6.07, 6.45) is 0. The van der Waals surface area contributed by atoms with Crippen LogP contribution in [0.25, 0.3) is 43.8 Å². The van der Waals surface area contributed by atoms with Gasteiger partial charge in [-0.05, 0) is 80.9 Å². The second-order valence-corrected chi connectivity index (χ2v) is 7.78. The number of nitriles is 1. The molecule has 2 nitrogen and oxygen atoms in total. The van der Waals surface area contributed by atoms with E-state index in [9.17, 15) is 22.8 Å². The molecule has 0 fully saturated rings. The van der Waals surface area contributed by atoms with Gasteiger partial charge >= 0.3 is 0 Å². The van der Waals surface area contributed by atoms with Gasteiger partial charge in [-0.25, -0.2) is 27.7 Å². The topological polar surface area (TPSA) is 28.1 Å². The van der Waals surface area contributed by atoms with E-state index in [0.717, 1.165) is 23.3 Å². The number of hydrogen-bond donors (Lipinski definition) is 0. The first kappa shape index (κ1) is 21.2. The van der Waals surface area contributed by atoms with E-state index in [1.165, 1.54) is 24.3 Å². The highest BCUT2D eigenvalue weighted by Crippen LogP contribution is 2.48. The third-order valence-electron chi connectivity index (χ3n) is 5.71. The molecule has 162 valence electrons. The molecular weight excluding hydrogens is 440 g/mol. The van der Waals surface area contributed by atoms with E-state index in [1.54, 1.807) is 36.4 Å². The molecule has 6 heteroatoms. The van der Waals surface area contributed by atoms with E-state index in [-0.39, 0.29) is 5.70 Å². The monoisotopic (exact) mass is 452 g/mol. The van der Waals surface area contributed by atoms with Crippen molar-refractivity contribution in [1.82, 2.24) is 0 Å². The Morgan fingerprint density at radius 2 is 1.00 bits per heavy atom. The molecular formula is C28H12F4N2. The zero-order chi connectivity index (χ0) is 24.0. The van der Waals surface area contributed by atoms with Crippen LogP contribution in [-0.4, -0.2) is 0 Å². The third kappa shape index (κ3) is 3.52. The van der Waals surface area contributed by atoms with Crippen LogP contribution in [0.4, 0.5) is 17.6 Å². The lowest BCUT2D eigenvalue weighted by molar-refractivity contribution is 0.583. The van der Waals surface area contributed by atoms with Crippen LogP contribution in [0, 0.1) is 41.2 Å². The fourth-order valence-corrected chi connectivity index (χ4v) is 4.31. The first-order chi connectivity index (χ1) is 16.4. The fraction of sp³-hybridized carbons (Fsp3) is 0. The van der Waals surface area contributed by atoms with Gasteiger partial charge in [-0.2, -0.15) is 0 Å². The summed E-state index contributed by atoms with van der Waals surface area (Å²) in [7, 11) is 0. The van der Waals surface area contributed by atoms with Crippen molar-refractivity contribution in [2.24, 2.45) is 0 Å². The molecule has 0 spiro atoms. The van der Waals surface area contributed by atoms with Crippen molar-refractivity contribution in [3.05, 3.63) is 124 Å². The Bertz CT molecular complexity index is 1460. The molecule has 0 N–H and O–H groups in total. The molecule has 0 bridgehead atoms. The number of halogens is 4. The van der Waals surface area contributed by atoms with Crippen molar-refractivity contribution < 1.29 is 17.6 Å². The highest BCUT2D eigenvalue weighted by Gasteiger charge is 2.27. The van der Waals surface area contributed by atoms with Crippen LogP contribution in [0.5, 0.6) is 0 Å². The summed E-state index contributed by atoms with van der Waals surface area (Å²) >= 11 is 0.